The van der Waals surface area contributed by atoms with Crippen molar-refractivity contribution in [3.05, 3.63) is 46.6 Å². The second-order valence-corrected chi connectivity index (χ2v) is 6.76. The van der Waals surface area contributed by atoms with Gasteiger partial charge in [-0.05, 0) is 42.5 Å². The number of anilines is 2. The summed E-state index contributed by atoms with van der Waals surface area (Å²) < 4.78 is 2.02. The smallest absolute Gasteiger partial charge is 0.133 e. The van der Waals surface area contributed by atoms with E-state index in [4.69, 9.17) is 17.3 Å². The fraction of sp³-hybridized carbons (Fsp3) is 0.389. The van der Waals surface area contributed by atoms with Crippen LogP contribution in [0.25, 0.3) is 0 Å². The van der Waals surface area contributed by atoms with Gasteiger partial charge in [0.25, 0.3) is 0 Å². The number of nitrogen functional groups attached to an aromatic ring is 1. The van der Waals surface area contributed by atoms with E-state index < -0.39 is 0 Å². The topological polar surface area (TPSA) is 58.0 Å². The van der Waals surface area contributed by atoms with Gasteiger partial charge in [-0.25, -0.2) is 0 Å². The van der Waals surface area contributed by atoms with Crippen LogP contribution >= 0.6 is 11.6 Å². The minimum Gasteiger partial charge on any atom is -0.396 e. The highest BCUT2D eigenvalue weighted by molar-refractivity contribution is 6.30. The number of nitrogens with two attached hydrogens (primary N) is 1. The molecule has 1 saturated heterocycles. The summed E-state index contributed by atoms with van der Waals surface area (Å²) in [5.41, 5.74) is 8.63. The molecule has 3 rings (SSSR count). The Labute approximate surface area is 142 Å². The third kappa shape index (κ3) is 3.30. The summed E-state index contributed by atoms with van der Waals surface area (Å²) in [7, 11) is 0. The zero-order valence-electron chi connectivity index (χ0n) is 13.3. The van der Waals surface area contributed by atoms with Crippen LogP contribution in [0.2, 0.25) is 5.02 Å². The second kappa shape index (κ2) is 6.55. The Hall–Kier alpha value is -2.12. The molecular formula is C18H21ClN4. The predicted octanol–water partition coefficient (Wildman–Crippen LogP) is 3.88. The molecule has 0 bridgehead atoms. The largest absolute Gasteiger partial charge is 0.396 e. The predicted molar refractivity (Wildman–Crippen MR) is 94.7 cm³/mol. The van der Waals surface area contributed by atoms with E-state index >= 15 is 0 Å². The molecule has 2 heterocycles. The van der Waals surface area contributed by atoms with Crippen LogP contribution < -0.4 is 10.6 Å². The van der Waals surface area contributed by atoms with Crippen molar-refractivity contribution < 1.29 is 0 Å². The van der Waals surface area contributed by atoms with Crippen LogP contribution in [0.3, 0.4) is 0 Å². The van der Waals surface area contributed by atoms with Gasteiger partial charge in [0.05, 0.1) is 12.2 Å². The van der Waals surface area contributed by atoms with Crippen molar-refractivity contribution in [1.82, 2.24) is 4.57 Å². The standard InChI is InChI=1S/C18H21ClN4/c1-13-3-2-8-22(11-13)18-17(21)9-16(10-20)23(18)12-14-4-6-15(19)7-5-14/h4-7,9,13H,2-3,8,11-12,21H2,1H3/t13-/m1/s1. The van der Waals surface area contributed by atoms with Gasteiger partial charge in [0.1, 0.15) is 17.6 Å². The van der Waals surface area contributed by atoms with Gasteiger partial charge in [-0.2, -0.15) is 5.26 Å². The summed E-state index contributed by atoms with van der Waals surface area (Å²) in [6.45, 7) is 4.86. The molecule has 2 N–H and O–H groups in total. The number of halogens is 1. The van der Waals surface area contributed by atoms with Crippen molar-refractivity contribution in [2.24, 2.45) is 5.92 Å². The molecule has 120 valence electrons. The van der Waals surface area contributed by atoms with Gasteiger partial charge >= 0.3 is 0 Å². The first kappa shape index (κ1) is 15.8. The van der Waals surface area contributed by atoms with E-state index in [0.29, 0.717) is 28.9 Å². The molecule has 1 aliphatic heterocycles. The first-order valence-electron chi connectivity index (χ1n) is 7.97. The van der Waals surface area contributed by atoms with Crippen molar-refractivity contribution in [2.45, 2.75) is 26.3 Å². The summed E-state index contributed by atoms with van der Waals surface area (Å²) >= 11 is 5.96. The number of benzene rings is 1. The number of nitriles is 1. The summed E-state index contributed by atoms with van der Waals surface area (Å²) in [5.74, 6) is 1.62. The Kier molecular flexibility index (Phi) is 4.49. The third-order valence-electron chi connectivity index (χ3n) is 4.42. The van der Waals surface area contributed by atoms with Gasteiger partial charge in [-0.3, -0.25) is 0 Å². The summed E-state index contributed by atoms with van der Waals surface area (Å²) in [6, 6.07) is 11.8. The minimum absolute atomic E-state index is 0.602. The van der Waals surface area contributed by atoms with Crippen molar-refractivity contribution in [1.29, 1.82) is 5.26 Å². The van der Waals surface area contributed by atoms with E-state index in [-0.39, 0.29) is 0 Å². The zero-order valence-corrected chi connectivity index (χ0v) is 14.1. The molecule has 0 radical (unpaired) electrons. The summed E-state index contributed by atoms with van der Waals surface area (Å²) in [6.07, 6.45) is 2.41. The molecular weight excluding hydrogens is 308 g/mol. The number of hydrogen-bond acceptors (Lipinski definition) is 3. The van der Waals surface area contributed by atoms with Gasteiger partial charge < -0.3 is 15.2 Å². The molecule has 2 aromatic rings. The third-order valence-corrected chi connectivity index (χ3v) is 4.67. The monoisotopic (exact) mass is 328 g/mol. The molecule has 1 aromatic carbocycles. The van der Waals surface area contributed by atoms with Crippen molar-refractivity contribution in [2.75, 3.05) is 23.7 Å². The number of hydrogen-bond donors (Lipinski definition) is 1. The molecule has 5 heteroatoms. The normalized spacial score (nSPS) is 18.0. The molecule has 1 aromatic heterocycles. The lowest BCUT2D eigenvalue weighted by atomic mass is 10.0. The lowest BCUT2D eigenvalue weighted by Crippen LogP contribution is -2.36. The molecule has 1 fully saturated rings. The summed E-state index contributed by atoms with van der Waals surface area (Å²) in [4.78, 5) is 2.32. The van der Waals surface area contributed by atoms with E-state index in [1.165, 1.54) is 6.42 Å². The van der Waals surface area contributed by atoms with E-state index in [1.807, 2.05) is 28.8 Å². The molecule has 1 atom stereocenters. The quantitative estimate of drug-likeness (QED) is 0.930. The zero-order chi connectivity index (χ0) is 16.4. The number of aromatic nitrogens is 1. The first-order valence-corrected chi connectivity index (χ1v) is 8.34. The van der Waals surface area contributed by atoms with Crippen LogP contribution in [-0.2, 0) is 6.54 Å². The molecule has 1 aliphatic rings. The van der Waals surface area contributed by atoms with E-state index in [0.717, 1.165) is 30.9 Å². The van der Waals surface area contributed by atoms with Crippen molar-refractivity contribution in [3.8, 4) is 6.07 Å². The molecule has 0 spiro atoms. The van der Waals surface area contributed by atoms with Crippen LogP contribution in [0, 0.1) is 17.2 Å². The number of piperidine rings is 1. The van der Waals surface area contributed by atoms with Crippen LogP contribution in [0.5, 0.6) is 0 Å². The SMILES string of the molecule is C[C@@H]1CCCN(c2c(N)cc(C#N)n2Cc2ccc(Cl)cc2)C1. The maximum absolute atomic E-state index is 9.46. The summed E-state index contributed by atoms with van der Waals surface area (Å²) in [5, 5.41) is 10.2. The molecule has 0 aliphatic carbocycles. The maximum atomic E-state index is 9.46. The fourth-order valence-corrected chi connectivity index (χ4v) is 3.45. The Bertz CT molecular complexity index is 727. The van der Waals surface area contributed by atoms with Crippen LogP contribution in [0.1, 0.15) is 31.0 Å². The lowest BCUT2D eigenvalue weighted by molar-refractivity contribution is 0.441. The van der Waals surface area contributed by atoms with E-state index in [2.05, 4.69) is 17.9 Å². The van der Waals surface area contributed by atoms with Gasteiger partial charge in [-0.15, -0.1) is 0 Å². The maximum Gasteiger partial charge on any atom is 0.133 e. The van der Waals surface area contributed by atoms with E-state index in [9.17, 15) is 5.26 Å². The van der Waals surface area contributed by atoms with Crippen LogP contribution in [0.15, 0.2) is 30.3 Å². The Morgan fingerprint density at radius 3 is 2.74 bits per heavy atom. The lowest BCUT2D eigenvalue weighted by Gasteiger charge is -2.34. The van der Waals surface area contributed by atoms with Crippen LogP contribution in [0.4, 0.5) is 11.5 Å². The first-order chi connectivity index (χ1) is 11.1. The number of nitrogens with zero attached hydrogens (tertiary/aromatic N) is 3. The van der Waals surface area contributed by atoms with Crippen molar-refractivity contribution >= 4 is 23.1 Å². The highest BCUT2D eigenvalue weighted by Crippen LogP contribution is 2.32. The molecule has 0 unspecified atom stereocenters. The second-order valence-electron chi connectivity index (χ2n) is 6.33. The van der Waals surface area contributed by atoms with Crippen molar-refractivity contribution in [3.63, 3.8) is 0 Å². The highest BCUT2D eigenvalue weighted by Gasteiger charge is 2.23. The molecule has 0 amide bonds. The van der Waals surface area contributed by atoms with Gasteiger partial charge in [-0.1, -0.05) is 30.7 Å². The van der Waals surface area contributed by atoms with E-state index in [1.54, 1.807) is 6.07 Å². The van der Waals surface area contributed by atoms with Gasteiger partial charge in [0, 0.05) is 18.1 Å². The highest BCUT2D eigenvalue weighted by atomic mass is 35.5. The Balaban J connectivity index is 1.97. The molecule has 4 nitrogen and oxygen atoms in total. The average molecular weight is 329 g/mol. The average Bonchev–Trinajstić information content (AvgIpc) is 2.85. The minimum atomic E-state index is 0.602. The Morgan fingerprint density at radius 2 is 2.09 bits per heavy atom. The number of rotatable bonds is 3. The Morgan fingerprint density at radius 1 is 1.35 bits per heavy atom. The van der Waals surface area contributed by atoms with Crippen LogP contribution in [-0.4, -0.2) is 17.7 Å². The van der Waals surface area contributed by atoms with Gasteiger partial charge in [0.15, 0.2) is 0 Å². The molecule has 23 heavy (non-hydrogen) atoms. The fourth-order valence-electron chi connectivity index (χ4n) is 3.32. The molecule has 0 saturated carbocycles. The van der Waals surface area contributed by atoms with Gasteiger partial charge in [0.2, 0.25) is 0 Å².